The van der Waals surface area contributed by atoms with Gasteiger partial charge in [-0.2, -0.15) is 0 Å². The zero-order valence-electron chi connectivity index (χ0n) is 18.2. The Labute approximate surface area is 187 Å². The number of aromatic nitrogens is 1. The van der Waals surface area contributed by atoms with E-state index in [2.05, 4.69) is 5.32 Å². The molecule has 0 atom stereocenters. The third kappa shape index (κ3) is 4.51. The van der Waals surface area contributed by atoms with Crippen LogP contribution in [-0.4, -0.2) is 46.8 Å². The molecule has 0 aliphatic carbocycles. The Kier molecular flexibility index (Phi) is 6.54. The van der Waals surface area contributed by atoms with E-state index in [0.717, 1.165) is 37.9 Å². The minimum atomic E-state index is -0.748. The van der Waals surface area contributed by atoms with Gasteiger partial charge in [-0.15, -0.1) is 0 Å². The monoisotopic (exact) mass is 433 g/mol. The van der Waals surface area contributed by atoms with Gasteiger partial charge >= 0.3 is 0 Å². The molecule has 7 nitrogen and oxygen atoms in total. The molecule has 1 fully saturated rings. The molecule has 1 aromatic heterocycles. The number of rotatable bonds is 7. The number of benzene rings is 2. The summed E-state index contributed by atoms with van der Waals surface area (Å²) in [5, 5.41) is 3.31. The molecule has 0 bridgehead atoms. The minimum Gasteiger partial charge on any atom is -0.492 e. The lowest BCUT2D eigenvalue weighted by molar-refractivity contribution is -0.132. The van der Waals surface area contributed by atoms with E-state index in [1.54, 1.807) is 41.1 Å². The Morgan fingerprint density at radius 3 is 2.47 bits per heavy atom. The van der Waals surface area contributed by atoms with Crippen molar-refractivity contribution in [3.63, 3.8) is 0 Å². The number of para-hydroxylation sites is 3. The van der Waals surface area contributed by atoms with E-state index < -0.39 is 11.7 Å². The summed E-state index contributed by atoms with van der Waals surface area (Å²) >= 11 is 0. The number of hydrogen-bond acceptors (Lipinski definition) is 4. The number of ketones is 1. The fourth-order valence-corrected chi connectivity index (χ4v) is 4.10. The van der Waals surface area contributed by atoms with Gasteiger partial charge in [0.15, 0.2) is 0 Å². The van der Waals surface area contributed by atoms with E-state index >= 15 is 0 Å². The molecule has 3 aromatic rings. The number of carbonyl (C=O) groups excluding carboxylic acids is 3. The predicted molar refractivity (Wildman–Crippen MR) is 123 cm³/mol. The van der Waals surface area contributed by atoms with Gasteiger partial charge in [0.25, 0.3) is 11.7 Å². The molecule has 4 rings (SSSR count). The number of fused-ring (bicyclic) bond motifs is 1. The zero-order chi connectivity index (χ0) is 22.5. The van der Waals surface area contributed by atoms with Crippen LogP contribution in [-0.2, 0) is 16.1 Å². The van der Waals surface area contributed by atoms with Gasteiger partial charge in [0, 0.05) is 30.2 Å². The number of likely N-dealkylation sites (tertiary alicyclic amines) is 1. The van der Waals surface area contributed by atoms with Crippen LogP contribution < -0.4 is 10.1 Å². The maximum atomic E-state index is 13.1. The predicted octanol–water partition coefficient (Wildman–Crippen LogP) is 3.87. The quantitative estimate of drug-likeness (QED) is 0.453. The van der Waals surface area contributed by atoms with Crippen molar-refractivity contribution >= 4 is 34.2 Å². The van der Waals surface area contributed by atoms with Crippen LogP contribution >= 0.6 is 0 Å². The highest BCUT2D eigenvalue weighted by Crippen LogP contribution is 2.26. The maximum Gasteiger partial charge on any atom is 0.296 e. The van der Waals surface area contributed by atoms with Crippen molar-refractivity contribution in [2.75, 3.05) is 25.0 Å². The van der Waals surface area contributed by atoms with Crippen LogP contribution in [0.4, 0.5) is 5.69 Å². The number of hydrogen-bond donors (Lipinski definition) is 1. The molecular formula is C25H27N3O4. The first-order chi connectivity index (χ1) is 15.6. The summed E-state index contributed by atoms with van der Waals surface area (Å²) in [6.07, 6.45) is 4.80. The number of anilines is 1. The van der Waals surface area contributed by atoms with Gasteiger partial charge in [0.2, 0.25) is 5.91 Å². The summed E-state index contributed by atoms with van der Waals surface area (Å²) in [6.45, 7) is 3.97. The third-order valence-electron chi connectivity index (χ3n) is 5.69. The number of ether oxygens (including phenoxy) is 1. The molecular weight excluding hydrogens is 406 g/mol. The largest absolute Gasteiger partial charge is 0.492 e. The lowest BCUT2D eigenvalue weighted by Crippen LogP contribution is -2.37. The molecule has 1 aliphatic rings. The van der Waals surface area contributed by atoms with Crippen molar-refractivity contribution in [2.45, 2.75) is 32.7 Å². The molecule has 0 spiro atoms. The van der Waals surface area contributed by atoms with Crippen molar-refractivity contribution in [3.05, 3.63) is 60.3 Å². The second-order valence-corrected chi connectivity index (χ2v) is 7.84. The molecule has 2 heterocycles. The molecule has 166 valence electrons. The molecule has 7 heteroatoms. The average molecular weight is 434 g/mol. The molecule has 1 aliphatic heterocycles. The summed E-state index contributed by atoms with van der Waals surface area (Å²) in [7, 11) is 0. The summed E-state index contributed by atoms with van der Waals surface area (Å²) in [5.74, 6) is -0.871. The fourth-order valence-electron chi connectivity index (χ4n) is 4.10. The summed E-state index contributed by atoms with van der Waals surface area (Å²) in [5.41, 5.74) is 1.47. The van der Waals surface area contributed by atoms with E-state index in [4.69, 9.17) is 4.74 Å². The lowest BCUT2D eigenvalue weighted by Gasteiger charge is -2.27. The number of carbonyl (C=O) groups is 3. The Morgan fingerprint density at radius 1 is 0.969 bits per heavy atom. The van der Waals surface area contributed by atoms with Gasteiger partial charge < -0.3 is 19.5 Å². The van der Waals surface area contributed by atoms with Crippen LogP contribution in [0.15, 0.2) is 54.7 Å². The Bertz CT molecular complexity index is 1150. The van der Waals surface area contributed by atoms with E-state index in [9.17, 15) is 14.4 Å². The van der Waals surface area contributed by atoms with Crippen molar-refractivity contribution in [1.82, 2.24) is 9.47 Å². The molecule has 2 amide bonds. The van der Waals surface area contributed by atoms with Gasteiger partial charge in [-0.05, 0) is 44.4 Å². The first kappa shape index (κ1) is 21.6. The topological polar surface area (TPSA) is 80.6 Å². The number of piperidine rings is 1. The highest BCUT2D eigenvalue weighted by Gasteiger charge is 2.24. The normalized spacial score (nSPS) is 13.7. The number of nitrogens with one attached hydrogen (secondary N) is 1. The van der Waals surface area contributed by atoms with Crippen LogP contribution in [0.5, 0.6) is 5.75 Å². The van der Waals surface area contributed by atoms with Crippen LogP contribution in [0, 0.1) is 0 Å². The second-order valence-electron chi connectivity index (χ2n) is 7.84. The molecule has 0 unspecified atom stereocenters. The Balaban J connectivity index is 1.58. The lowest BCUT2D eigenvalue weighted by atomic mass is 10.1. The summed E-state index contributed by atoms with van der Waals surface area (Å²) < 4.78 is 7.29. The van der Waals surface area contributed by atoms with Crippen molar-refractivity contribution < 1.29 is 19.1 Å². The van der Waals surface area contributed by atoms with E-state index in [-0.39, 0.29) is 18.0 Å². The molecule has 32 heavy (non-hydrogen) atoms. The van der Waals surface area contributed by atoms with Gasteiger partial charge in [0.1, 0.15) is 12.3 Å². The fraction of sp³-hybridized carbons (Fsp3) is 0.320. The van der Waals surface area contributed by atoms with E-state index in [1.165, 1.54) is 0 Å². The van der Waals surface area contributed by atoms with Crippen LogP contribution in [0.1, 0.15) is 36.5 Å². The number of nitrogens with zero attached hydrogens (tertiary/aromatic N) is 2. The molecule has 0 saturated carbocycles. The Morgan fingerprint density at radius 2 is 1.69 bits per heavy atom. The van der Waals surface area contributed by atoms with Crippen molar-refractivity contribution in [1.29, 1.82) is 0 Å². The summed E-state index contributed by atoms with van der Waals surface area (Å²) in [6, 6.07) is 14.3. The highest BCUT2D eigenvalue weighted by molar-refractivity contribution is 6.48. The molecule has 1 N–H and O–H groups in total. The number of amides is 2. The van der Waals surface area contributed by atoms with Crippen molar-refractivity contribution in [3.8, 4) is 5.75 Å². The van der Waals surface area contributed by atoms with Gasteiger partial charge in [-0.1, -0.05) is 30.3 Å². The second kappa shape index (κ2) is 9.68. The van der Waals surface area contributed by atoms with Crippen molar-refractivity contribution in [2.24, 2.45) is 0 Å². The smallest absolute Gasteiger partial charge is 0.296 e. The average Bonchev–Trinajstić information content (AvgIpc) is 3.19. The molecule has 1 saturated heterocycles. The Hall–Kier alpha value is -3.61. The molecule has 2 aromatic carbocycles. The molecule has 0 radical (unpaired) electrons. The first-order valence-corrected chi connectivity index (χ1v) is 11.0. The standard InChI is InChI=1S/C25H27N3O4/c1-2-32-22-13-7-5-11-20(22)26-25(31)24(30)19-16-28(21-12-6-4-10-18(19)21)17-23(29)27-14-8-3-9-15-27/h4-7,10-13,16H,2-3,8-9,14-15,17H2,1H3,(H,26,31). The van der Waals surface area contributed by atoms with Crippen LogP contribution in [0.25, 0.3) is 10.9 Å². The SMILES string of the molecule is CCOc1ccccc1NC(=O)C(=O)c1cn(CC(=O)N2CCCCC2)c2ccccc12. The maximum absolute atomic E-state index is 13.1. The highest BCUT2D eigenvalue weighted by atomic mass is 16.5. The van der Waals surface area contributed by atoms with Crippen LogP contribution in [0.2, 0.25) is 0 Å². The third-order valence-corrected chi connectivity index (χ3v) is 5.69. The number of Topliss-reactive ketones (excluding diaryl/α,β-unsaturated/α-hetero) is 1. The summed E-state index contributed by atoms with van der Waals surface area (Å²) in [4.78, 5) is 40.5. The van der Waals surface area contributed by atoms with Gasteiger partial charge in [0.05, 0.1) is 17.9 Å². The minimum absolute atomic E-state index is 0.0274. The first-order valence-electron chi connectivity index (χ1n) is 11.0. The van der Waals surface area contributed by atoms with E-state index in [0.29, 0.717) is 23.4 Å². The van der Waals surface area contributed by atoms with Crippen LogP contribution in [0.3, 0.4) is 0 Å². The van der Waals surface area contributed by atoms with Gasteiger partial charge in [-0.3, -0.25) is 14.4 Å². The van der Waals surface area contributed by atoms with E-state index in [1.807, 2.05) is 30.0 Å². The van der Waals surface area contributed by atoms with Gasteiger partial charge in [-0.25, -0.2) is 0 Å². The zero-order valence-corrected chi connectivity index (χ0v) is 18.2.